The summed E-state index contributed by atoms with van der Waals surface area (Å²) in [6.45, 7) is 11.0. The summed E-state index contributed by atoms with van der Waals surface area (Å²) >= 11 is 0. The molecule has 0 heterocycles. The van der Waals surface area contributed by atoms with Crippen molar-refractivity contribution < 1.29 is 0 Å². The van der Waals surface area contributed by atoms with Gasteiger partial charge in [-0.1, -0.05) is 52.2 Å². The van der Waals surface area contributed by atoms with Crippen LogP contribution in [0.2, 0.25) is 0 Å². The highest BCUT2D eigenvalue weighted by molar-refractivity contribution is 5.20. The van der Waals surface area contributed by atoms with Gasteiger partial charge in [-0.3, -0.25) is 0 Å². The first kappa shape index (κ1) is 15.6. The zero-order valence-electron chi connectivity index (χ0n) is 14.7. The van der Waals surface area contributed by atoms with Gasteiger partial charge in [0.25, 0.3) is 0 Å². The van der Waals surface area contributed by atoms with Crippen LogP contribution in [-0.4, -0.2) is 0 Å². The van der Waals surface area contributed by atoms with Crippen LogP contribution in [0.25, 0.3) is 0 Å². The van der Waals surface area contributed by atoms with Gasteiger partial charge < -0.3 is 0 Å². The molecule has 0 amide bonds. The van der Waals surface area contributed by atoms with Gasteiger partial charge in [0.15, 0.2) is 0 Å². The number of hydrogen-bond donors (Lipinski definition) is 0. The van der Waals surface area contributed by atoms with E-state index < -0.39 is 0 Å². The Morgan fingerprint density at radius 2 is 1.62 bits per heavy atom. The van der Waals surface area contributed by atoms with E-state index in [-0.39, 0.29) is 0 Å². The van der Waals surface area contributed by atoms with Gasteiger partial charge in [0.05, 0.1) is 0 Å². The molecular weight excluding hydrogens is 252 g/mol. The first-order chi connectivity index (χ1) is 10.2. The summed E-state index contributed by atoms with van der Waals surface area (Å²) in [6.07, 6.45) is 15.1. The van der Waals surface area contributed by atoms with Crippen LogP contribution in [0.15, 0.2) is 12.2 Å². The Morgan fingerprint density at radius 3 is 2.43 bits per heavy atom. The van der Waals surface area contributed by atoms with Crippen LogP contribution in [0.1, 0.15) is 85.0 Å². The SMILES string of the molecule is C=C1CCC2C3CCC4CCCCC4C3CCC12C.CC. The summed E-state index contributed by atoms with van der Waals surface area (Å²) in [5.41, 5.74) is 2.13. The van der Waals surface area contributed by atoms with E-state index in [9.17, 15) is 0 Å². The van der Waals surface area contributed by atoms with Gasteiger partial charge >= 0.3 is 0 Å². The van der Waals surface area contributed by atoms with E-state index >= 15 is 0 Å². The van der Waals surface area contributed by atoms with Crippen molar-refractivity contribution in [1.29, 1.82) is 0 Å². The second-order valence-electron chi connectivity index (χ2n) is 8.32. The molecule has 0 heteroatoms. The van der Waals surface area contributed by atoms with E-state index in [2.05, 4.69) is 13.5 Å². The normalized spacial score (nSPS) is 48.5. The van der Waals surface area contributed by atoms with Crippen LogP contribution in [0, 0.1) is 35.0 Å². The summed E-state index contributed by atoms with van der Waals surface area (Å²) < 4.78 is 0. The first-order valence-electron chi connectivity index (χ1n) is 9.88. The summed E-state index contributed by atoms with van der Waals surface area (Å²) in [5.74, 6) is 5.40. The van der Waals surface area contributed by atoms with E-state index in [0.717, 1.165) is 29.6 Å². The average Bonchev–Trinajstić information content (AvgIpc) is 2.85. The van der Waals surface area contributed by atoms with Gasteiger partial charge in [-0.15, -0.1) is 0 Å². The lowest BCUT2D eigenvalue weighted by Crippen LogP contribution is -2.46. The molecular formula is C21H36. The molecule has 0 N–H and O–H groups in total. The standard InChI is InChI=1S/C19H30.C2H6/c1-13-7-10-18-17-9-8-14-5-3-4-6-15(14)16(17)11-12-19(13,18)2;1-2/h14-18H,1,3-12H2,2H3;1-2H3. The predicted molar refractivity (Wildman–Crippen MR) is 92.2 cm³/mol. The number of rotatable bonds is 0. The molecule has 0 aromatic heterocycles. The van der Waals surface area contributed by atoms with Crippen molar-refractivity contribution in [2.75, 3.05) is 0 Å². The second-order valence-corrected chi connectivity index (χ2v) is 8.32. The molecule has 0 aromatic carbocycles. The Morgan fingerprint density at radius 1 is 0.857 bits per heavy atom. The molecule has 4 saturated carbocycles. The Labute approximate surface area is 132 Å². The highest BCUT2D eigenvalue weighted by Gasteiger charge is 2.54. The minimum atomic E-state index is 0.530. The topological polar surface area (TPSA) is 0 Å². The fraction of sp³-hybridized carbons (Fsp3) is 0.905. The third kappa shape index (κ3) is 2.41. The molecule has 21 heavy (non-hydrogen) atoms. The Kier molecular flexibility index (Phi) is 4.53. The zero-order valence-corrected chi connectivity index (χ0v) is 14.7. The average molecular weight is 289 g/mol. The summed E-state index contributed by atoms with van der Waals surface area (Å²) in [6, 6.07) is 0. The molecule has 4 rings (SSSR count). The van der Waals surface area contributed by atoms with Crippen LogP contribution >= 0.6 is 0 Å². The molecule has 6 unspecified atom stereocenters. The van der Waals surface area contributed by atoms with E-state index in [1.807, 2.05) is 13.8 Å². The lowest BCUT2D eigenvalue weighted by Gasteiger charge is -2.55. The number of hydrogen-bond acceptors (Lipinski definition) is 0. The quantitative estimate of drug-likeness (QED) is 0.440. The van der Waals surface area contributed by atoms with Crippen LogP contribution in [0.4, 0.5) is 0 Å². The summed E-state index contributed by atoms with van der Waals surface area (Å²) in [4.78, 5) is 0. The molecule has 4 fully saturated rings. The number of allylic oxidation sites excluding steroid dienone is 1. The highest BCUT2D eigenvalue weighted by Crippen LogP contribution is 2.63. The number of fused-ring (bicyclic) bond motifs is 5. The van der Waals surface area contributed by atoms with Gasteiger partial charge in [0.2, 0.25) is 0 Å². The second kappa shape index (κ2) is 6.09. The van der Waals surface area contributed by atoms with Crippen LogP contribution in [0.3, 0.4) is 0 Å². The van der Waals surface area contributed by atoms with Gasteiger partial charge in [-0.05, 0) is 80.0 Å². The minimum Gasteiger partial charge on any atom is -0.0993 e. The van der Waals surface area contributed by atoms with Crippen molar-refractivity contribution in [2.45, 2.75) is 85.0 Å². The Balaban J connectivity index is 0.000000636. The van der Waals surface area contributed by atoms with Gasteiger partial charge in [0, 0.05) is 0 Å². The van der Waals surface area contributed by atoms with Gasteiger partial charge in [0.1, 0.15) is 0 Å². The van der Waals surface area contributed by atoms with E-state index in [1.54, 1.807) is 31.3 Å². The maximum Gasteiger partial charge on any atom is -0.00879 e. The lowest BCUT2D eigenvalue weighted by atomic mass is 9.50. The Hall–Kier alpha value is -0.260. The third-order valence-corrected chi connectivity index (χ3v) is 7.84. The largest absolute Gasteiger partial charge is 0.0993 e. The van der Waals surface area contributed by atoms with E-state index in [4.69, 9.17) is 0 Å². The van der Waals surface area contributed by atoms with Gasteiger partial charge in [-0.2, -0.15) is 0 Å². The molecule has 0 aliphatic heterocycles. The van der Waals surface area contributed by atoms with Crippen molar-refractivity contribution in [1.82, 2.24) is 0 Å². The first-order valence-corrected chi connectivity index (χ1v) is 9.88. The molecule has 0 saturated heterocycles. The molecule has 120 valence electrons. The van der Waals surface area contributed by atoms with Crippen molar-refractivity contribution in [3.8, 4) is 0 Å². The minimum absolute atomic E-state index is 0.530. The van der Waals surface area contributed by atoms with Crippen LogP contribution in [0.5, 0.6) is 0 Å². The molecule has 0 bridgehead atoms. The molecule has 0 spiro atoms. The zero-order chi connectivity index (χ0) is 15.0. The Bertz CT molecular complexity index is 381. The molecule has 4 aliphatic carbocycles. The van der Waals surface area contributed by atoms with Crippen molar-refractivity contribution in [3.63, 3.8) is 0 Å². The highest BCUT2D eigenvalue weighted by atomic mass is 14.6. The molecule has 0 aromatic rings. The fourth-order valence-corrected chi connectivity index (χ4v) is 6.74. The summed E-state index contributed by atoms with van der Waals surface area (Å²) in [5, 5.41) is 0. The molecule has 0 radical (unpaired) electrons. The smallest absolute Gasteiger partial charge is 0.00879 e. The van der Waals surface area contributed by atoms with Crippen LogP contribution < -0.4 is 0 Å². The van der Waals surface area contributed by atoms with Crippen molar-refractivity contribution >= 4 is 0 Å². The van der Waals surface area contributed by atoms with Crippen molar-refractivity contribution in [3.05, 3.63) is 12.2 Å². The van der Waals surface area contributed by atoms with E-state index in [1.165, 1.54) is 38.5 Å². The molecule has 6 atom stereocenters. The summed E-state index contributed by atoms with van der Waals surface area (Å²) in [7, 11) is 0. The van der Waals surface area contributed by atoms with Crippen LogP contribution in [-0.2, 0) is 0 Å². The predicted octanol–water partition coefficient (Wildman–Crippen LogP) is 6.61. The van der Waals surface area contributed by atoms with E-state index in [0.29, 0.717) is 5.41 Å². The van der Waals surface area contributed by atoms with Crippen molar-refractivity contribution in [2.24, 2.45) is 35.0 Å². The fourth-order valence-electron chi connectivity index (χ4n) is 6.74. The molecule has 4 aliphatic rings. The molecule has 0 nitrogen and oxygen atoms in total. The maximum atomic E-state index is 4.43. The lowest BCUT2D eigenvalue weighted by molar-refractivity contribution is -0.0402. The monoisotopic (exact) mass is 288 g/mol. The van der Waals surface area contributed by atoms with Gasteiger partial charge in [-0.25, -0.2) is 0 Å². The third-order valence-electron chi connectivity index (χ3n) is 7.84. The maximum absolute atomic E-state index is 4.43.